The molecule has 1 aliphatic rings. The van der Waals surface area contributed by atoms with Gasteiger partial charge in [0.2, 0.25) is 0 Å². The van der Waals surface area contributed by atoms with E-state index in [2.05, 4.69) is 0 Å². The third-order valence-electron chi connectivity index (χ3n) is 3.47. The number of carbonyl (C=O) groups excluding carboxylic acids is 1. The molecule has 0 aromatic heterocycles. The van der Waals surface area contributed by atoms with Crippen molar-refractivity contribution in [3.63, 3.8) is 0 Å². The number of carbonyl (C=O) groups is 1. The maximum atomic E-state index is 13.3. The molecule has 0 radical (unpaired) electrons. The number of halogens is 3. The molecule has 0 heterocycles. The Balaban J connectivity index is 0.00000180. The first-order valence-corrected chi connectivity index (χ1v) is 5.85. The van der Waals surface area contributed by atoms with E-state index in [4.69, 9.17) is 4.74 Å². The van der Waals surface area contributed by atoms with Gasteiger partial charge in [0.15, 0.2) is 0 Å². The summed E-state index contributed by atoms with van der Waals surface area (Å²) >= 11 is 0. The smallest absolute Gasteiger partial charge is 1.00 e. The van der Waals surface area contributed by atoms with Crippen molar-refractivity contribution in [2.75, 3.05) is 6.61 Å². The Labute approximate surface area is 154 Å². The molecule has 0 bridgehead atoms. The molecule has 0 saturated heterocycles. The topological polar surface area (TPSA) is 26.3 Å². The van der Waals surface area contributed by atoms with Crippen molar-refractivity contribution < 1.29 is 75.3 Å². The number of esters is 1. The van der Waals surface area contributed by atoms with Crippen LogP contribution in [0.15, 0.2) is 30.3 Å². The third-order valence-corrected chi connectivity index (χ3v) is 3.47. The minimum atomic E-state index is -5.13. The normalized spacial score (nSPS) is 25.4. The summed E-state index contributed by atoms with van der Waals surface area (Å²) in [5.74, 6) is -1.83. The van der Waals surface area contributed by atoms with Crippen LogP contribution in [0.4, 0.5) is 12.9 Å². The van der Waals surface area contributed by atoms with Crippen LogP contribution in [0.25, 0.3) is 0 Å². The van der Waals surface area contributed by atoms with Crippen molar-refractivity contribution in [1.82, 2.24) is 0 Å². The van der Waals surface area contributed by atoms with Gasteiger partial charge in [-0.25, -0.2) is 0 Å². The molecule has 1 aliphatic carbocycles. The maximum Gasteiger partial charge on any atom is 1.00 e. The summed E-state index contributed by atoms with van der Waals surface area (Å²) in [6.45, 7) is -3.44. The summed E-state index contributed by atoms with van der Waals surface area (Å²) in [5.41, 5.74) is 0.163. The monoisotopic (exact) mass is 297 g/mol. The zero-order valence-electron chi connectivity index (χ0n) is 11.9. The summed E-state index contributed by atoms with van der Waals surface area (Å²) in [6.07, 6.45) is -0.195. The molecule has 2 rings (SSSR count). The average molecular weight is 297 g/mol. The number of ether oxygens (including phenoxy) is 1. The first-order chi connectivity index (χ1) is 8.43. The van der Waals surface area contributed by atoms with Gasteiger partial charge in [-0.05, 0) is 12.2 Å². The standard InChI is InChI=1S/C12H13BF3O2.K.H/c1-2-18-11(17)10-8-12(10,13(14,15)16)9-6-4-3-5-7-9;;/h3-7,10H,2,8H2,1H3;;/q-1;+1;-1. The van der Waals surface area contributed by atoms with Crippen LogP contribution in [0.5, 0.6) is 0 Å². The van der Waals surface area contributed by atoms with Crippen molar-refractivity contribution in [3.05, 3.63) is 35.9 Å². The molecule has 0 N–H and O–H groups in total. The van der Waals surface area contributed by atoms with Gasteiger partial charge in [-0.15, -0.1) is 0 Å². The van der Waals surface area contributed by atoms with E-state index in [-0.39, 0.29) is 71.4 Å². The van der Waals surface area contributed by atoms with Crippen LogP contribution >= 0.6 is 0 Å². The zero-order valence-corrected chi connectivity index (χ0v) is 14.0. The van der Waals surface area contributed by atoms with E-state index in [0.29, 0.717) is 0 Å². The molecule has 1 fully saturated rings. The summed E-state index contributed by atoms with van der Waals surface area (Å²) < 4.78 is 44.6. The first kappa shape index (κ1) is 17.2. The molecule has 0 aliphatic heterocycles. The molecule has 19 heavy (non-hydrogen) atoms. The van der Waals surface area contributed by atoms with Gasteiger partial charge < -0.3 is 19.1 Å². The van der Waals surface area contributed by atoms with E-state index in [1.165, 1.54) is 12.1 Å². The Kier molecular flexibility index (Phi) is 5.72. The van der Waals surface area contributed by atoms with Crippen LogP contribution in [0.3, 0.4) is 0 Å². The number of hydrogen-bond acceptors (Lipinski definition) is 2. The summed E-state index contributed by atoms with van der Waals surface area (Å²) in [5, 5.41) is -1.99. The molecule has 0 spiro atoms. The van der Waals surface area contributed by atoms with Crippen molar-refractivity contribution in [2.24, 2.45) is 5.92 Å². The van der Waals surface area contributed by atoms with Crippen molar-refractivity contribution in [3.8, 4) is 0 Å². The molecular weight excluding hydrogens is 283 g/mol. The van der Waals surface area contributed by atoms with Crippen LogP contribution < -0.4 is 51.4 Å². The van der Waals surface area contributed by atoms with Gasteiger partial charge in [0, 0.05) is 5.92 Å². The van der Waals surface area contributed by atoms with Crippen LogP contribution in [0, 0.1) is 5.92 Å². The summed E-state index contributed by atoms with van der Waals surface area (Å²) in [7, 11) is 0. The van der Waals surface area contributed by atoms with Gasteiger partial charge in [0.05, 0.1) is 6.61 Å². The summed E-state index contributed by atoms with van der Waals surface area (Å²) in [6, 6.07) is 7.62. The minimum absolute atomic E-state index is 0. The summed E-state index contributed by atoms with van der Waals surface area (Å²) in [4.78, 5) is 11.5. The van der Waals surface area contributed by atoms with Crippen LogP contribution in [0.2, 0.25) is 0 Å². The molecule has 1 saturated carbocycles. The van der Waals surface area contributed by atoms with Crippen molar-refractivity contribution >= 4 is 12.9 Å². The van der Waals surface area contributed by atoms with Gasteiger partial charge in [-0.1, -0.05) is 42.3 Å². The molecule has 2 nitrogen and oxygen atoms in total. The average Bonchev–Trinajstić information content (AvgIpc) is 3.06. The SMILES string of the molecule is CCOC(=O)C1CC1(c1ccccc1)[B-](F)(F)F.[H-].[K+]. The molecule has 7 heteroatoms. The quantitative estimate of drug-likeness (QED) is 0.578. The van der Waals surface area contributed by atoms with Crippen LogP contribution in [-0.2, 0) is 14.8 Å². The van der Waals surface area contributed by atoms with Crippen molar-refractivity contribution in [2.45, 2.75) is 18.7 Å². The maximum absolute atomic E-state index is 13.3. The molecule has 1 aromatic carbocycles. The fourth-order valence-corrected chi connectivity index (χ4v) is 2.43. The molecule has 1 aromatic rings. The van der Waals surface area contributed by atoms with Gasteiger partial charge >= 0.3 is 64.3 Å². The number of benzene rings is 1. The van der Waals surface area contributed by atoms with Gasteiger partial charge in [-0.3, -0.25) is 4.79 Å². The van der Waals surface area contributed by atoms with E-state index in [1.807, 2.05) is 0 Å². The van der Waals surface area contributed by atoms with E-state index in [1.54, 1.807) is 25.1 Å². The Morgan fingerprint density at radius 2 is 2.00 bits per heavy atom. The van der Waals surface area contributed by atoms with Crippen molar-refractivity contribution in [1.29, 1.82) is 0 Å². The van der Waals surface area contributed by atoms with Crippen LogP contribution in [0.1, 0.15) is 20.3 Å². The second-order valence-corrected chi connectivity index (χ2v) is 4.49. The Morgan fingerprint density at radius 3 is 2.47 bits per heavy atom. The molecule has 0 amide bonds. The predicted octanol–water partition coefficient (Wildman–Crippen LogP) is 0.0105. The Hall–Kier alpha value is 0.181. The van der Waals surface area contributed by atoms with Gasteiger partial charge in [0.25, 0.3) is 0 Å². The molecule has 2 atom stereocenters. The Bertz CT molecular complexity index is 458. The van der Waals surface area contributed by atoms with Gasteiger partial charge in [0.1, 0.15) is 0 Å². The molecular formula is C12H14BF3KO2-. The molecule has 100 valence electrons. The largest absolute Gasteiger partial charge is 1.00 e. The van der Waals surface area contributed by atoms with Gasteiger partial charge in [-0.2, -0.15) is 0 Å². The second kappa shape index (κ2) is 6.30. The van der Waals surface area contributed by atoms with E-state index < -0.39 is 24.2 Å². The fourth-order valence-electron chi connectivity index (χ4n) is 2.43. The van der Waals surface area contributed by atoms with E-state index in [0.717, 1.165) is 0 Å². The second-order valence-electron chi connectivity index (χ2n) is 4.49. The third kappa shape index (κ3) is 3.10. The first-order valence-electron chi connectivity index (χ1n) is 5.85. The predicted molar refractivity (Wildman–Crippen MR) is 63.1 cm³/mol. The molecule has 2 unspecified atom stereocenters. The number of rotatable bonds is 4. The van der Waals surface area contributed by atoms with E-state index >= 15 is 0 Å². The fraction of sp³-hybridized carbons (Fsp3) is 0.417. The zero-order chi connectivity index (χ0) is 13.4. The number of hydrogen-bond donors (Lipinski definition) is 0. The minimum Gasteiger partial charge on any atom is -1.00 e. The Morgan fingerprint density at radius 1 is 1.42 bits per heavy atom. The van der Waals surface area contributed by atoms with Crippen LogP contribution in [-0.4, -0.2) is 19.6 Å². The van der Waals surface area contributed by atoms with E-state index in [9.17, 15) is 17.7 Å².